The Morgan fingerprint density at radius 3 is 2.24 bits per heavy atom. The van der Waals surface area contributed by atoms with Gasteiger partial charge in [-0.25, -0.2) is 14.2 Å². The average molecular weight is 679 g/mol. The summed E-state index contributed by atoms with van der Waals surface area (Å²) in [6, 6.07) is 24.4. The Morgan fingerprint density at radius 1 is 0.880 bits per heavy atom. The molecule has 0 saturated carbocycles. The average Bonchev–Trinajstić information content (AvgIpc) is 3.73. The van der Waals surface area contributed by atoms with Gasteiger partial charge in [0.25, 0.3) is 0 Å². The second kappa shape index (κ2) is 15.3. The van der Waals surface area contributed by atoms with Crippen LogP contribution < -0.4 is 16.0 Å². The number of carboxylic acids is 1. The van der Waals surface area contributed by atoms with E-state index in [9.17, 15) is 29.6 Å². The van der Waals surface area contributed by atoms with Gasteiger partial charge in [-0.2, -0.15) is 0 Å². The molecule has 0 fully saturated rings. The van der Waals surface area contributed by atoms with Crippen LogP contribution in [0.4, 0.5) is 21.9 Å². The minimum absolute atomic E-state index is 0.0281. The highest BCUT2D eigenvalue weighted by atomic mass is 16.6. The number of fused-ring (bicyclic) bond motifs is 4. The van der Waals surface area contributed by atoms with Crippen LogP contribution >= 0.6 is 0 Å². The van der Waals surface area contributed by atoms with Gasteiger partial charge in [-0.1, -0.05) is 67.1 Å². The molecule has 14 heteroatoms. The summed E-state index contributed by atoms with van der Waals surface area (Å²) >= 11 is 0. The molecular weight excluding hydrogens is 644 g/mol. The van der Waals surface area contributed by atoms with Gasteiger partial charge in [0, 0.05) is 37.1 Å². The molecule has 256 valence electrons. The van der Waals surface area contributed by atoms with Gasteiger partial charge in [-0.3, -0.25) is 14.9 Å². The maximum Gasteiger partial charge on any atom is 0.407 e. The molecule has 4 aromatic carbocycles. The van der Waals surface area contributed by atoms with E-state index >= 15 is 0 Å². The number of rotatable bonds is 15. The maximum absolute atomic E-state index is 12.7. The molecule has 5 aromatic rings. The summed E-state index contributed by atoms with van der Waals surface area (Å²) in [6.45, 7) is 0.640. The number of ether oxygens (including phenoxy) is 1. The summed E-state index contributed by atoms with van der Waals surface area (Å²) in [7, 11) is 0. The Kier molecular flexibility index (Phi) is 10.3. The molecule has 2 amide bonds. The number of amides is 2. The number of nitrogens with zero attached hydrogens (tertiary/aromatic N) is 3. The molecule has 4 N–H and O–H groups in total. The van der Waals surface area contributed by atoms with Crippen molar-refractivity contribution < 1.29 is 33.8 Å². The zero-order valence-electron chi connectivity index (χ0n) is 26.8. The number of nitro benzene ring substituents is 1. The maximum atomic E-state index is 12.7. The Hall–Kier alpha value is -6.31. The van der Waals surface area contributed by atoms with Crippen LogP contribution in [-0.2, 0) is 20.7 Å². The predicted octanol–water partition coefficient (Wildman–Crippen LogP) is 6.28. The first-order valence-corrected chi connectivity index (χ1v) is 16.1. The molecule has 1 aliphatic rings. The number of nitrogens with one attached hydrogen (secondary N) is 3. The molecule has 0 radical (unpaired) electrons. The fourth-order valence-corrected chi connectivity index (χ4v) is 6.12. The SMILES string of the molecule is O=C(CCCCCNc1ccc([N+](=O)[O-])c2nonc12)Nc1ccc(C[C@H](NC(=O)OCC2c3ccccc3-c3ccccc32)C(=O)O)cc1. The predicted molar refractivity (Wildman–Crippen MR) is 184 cm³/mol. The number of carbonyl (C=O) groups excluding carboxylic acids is 2. The zero-order valence-corrected chi connectivity index (χ0v) is 26.8. The van der Waals surface area contributed by atoms with Crippen molar-refractivity contribution in [1.82, 2.24) is 15.6 Å². The van der Waals surface area contributed by atoms with Gasteiger partial charge in [-0.05, 0) is 69.2 Å². The van der Waals surface area contributed by atoms with E-state index in [1.165, 1.54) is 6.07 Å². The van der Waals surface area contributed by atoms with Crippen LogP contribution in [0.2, 0.25) is 0 Å². The number of unbranched alkanes of at least 4 members (excludes halogenated alkanes) is 2. The van der Waals surface area contributed by atoms with Crippen LogP contribution in [0.5, 0.6) is 0 Å². The minimum Gasteiger partial charge on any atom is -0.480 e. The summed E-state index contributed by atoms with van der Waals surface area (Å²) in [5.41, 5.74) is 6.31. The topological polar surface area (TPSA) is 199 Å². The van der Waals surface area contributed by atoms with E-state index in [0.29, 0.717) is 36.3 Å². The fraction of sp³-hybridized carbons (Fsp3) is 0.250. The van der Waals surface area contributed by atoms with E-state index in [4.69, 9.17) is 4.74 Å². The van der Waals surface area contributed by atoms with E-state index < -0.39 is 23.0 Å². The fourth-order valence-electron chi connectivity index (χ4n) is 6.12. The smallest absolute Gasteiger partial charge is 0.407 e. The standard InChI is InChI=1S/C36H34N6O8/c43-32(12-2-1-7-19-37-29-17-18-31(42(47)48)34-33(29)40-50-41-34)38-23-15-13-22(14-16-23)20-30(35(44)45)39-36(46)49-21-28-26-10-5-3-8-24(26)25-9-4-6-11-27(25)28/h3-6,8-11,13-18,28,30,37H,1-2,7,12,19-21H2,(H,38,43)(H,39,46)(H,44,45)/t30-/m0/s1. The first kappa shape index (κ1) is 33.6. The zero-order chi connectivity index (χ0) is 35.0. The summed E-state index contributed by atoms with van der Waals surface area (Å²) in [5.74, 6) is -1.49. The molecule has 1 aliphatic carbocycles. The summed E-state index contributed by atoms with van der Waals surface area (Å²) in [4.78, 5) is 47.8. The molecule has 1 aromatic heterocycles. The first-order chi connectivity index (χ1) is 24.3. The van der Waals surface area contributed by atoms with Gasteiger partial charge in [0.1, 0.15) is 12.6 Å². The van der Waals surface area contributed by atoms with Crippen molar-refractivity contribution in [3.8, 4) is 11.1 Å². The van der Waals surface area contributed by atoms with Crippen molar-refractivity contribution in [2.75, 3.05) is 23.8 Å². The monoisotopic (exact) mass is 678 g/mol. The van der Waals surface area contributed by atoms with Gasteiger partial charge in [0.05, 0.1) is 10.6 Å². The number of aliphatic carboxylic acids is 1. The summed E-state index contributed by atoms with van der Waals surface area (Å²) in [5, 5.41) is 36.8. The number of aromatic nitrogens is 2. The highest BCUT2D eigenvalue weighted by molar-refractivity contribution is 5.93. The lowest BCUT2D eigenvalue weighted by Gasteiger charge is -2.17. The first-order valence-electron chi connectivity index (χ1n) is 16.1. The van der Waals surface area contributed by atoms with Crippen LogP contribution in [-0.4, -0.2) is 57.5 Å². The summed E-state index contributed by atoms with van der Waals surface area (Å²) in [6.07, 6.45) is 1.69. The lowest BCUT2D eigenvalue weighted by atomic mass is 9.98. The number of alkyl carbamates (subject to hydrolysis) is 1. The highest BCUT2D eigenvalue weighted by Crippen LogP contribution is 2.44. The normalized spacial score (nSPS) is 12.5. The van der Waals surface area contributed by atoms with E-state index in [-0.39, 0.29) is 41.6 Å². The minimum atomic E-state index is -1.21. The third kappa shape index (κ3) is 7.70. The number of hydrogen-bond donors (Lipinski definition) is 4. The molecule has 0 saturated heterocycles. The van der Waals surface area contributed by atoms with Gasteiger partial charge >= 0.3 is 17.7 Å². The van der Waals surface area contributed by atoms with Gasteiger partial charge < -0.3 is 25.8 Å². The Bertz CT molecular complexity index is 1980. The number of hydrogen-bond acceptors (Lipinski definition) is 10. The number of non-ortho nitro benzene ring substituents is 1. The number of anilines is 2. The Balaban J connectivity index is 0.914. The number of carbonyl (C=O) groups is 3. The van der Waals surface area contributed by atoms with Crippen LogP contribution in [0.25, 0.3) is 22.2 Å². The second-order valence-electron chi connectivity index (χ2n) is 11.9. The van der Waals surface area contributed by atoms with Crippen molar-refractivity contribution in [2.45, 2.75) is 44.1 Å². The number of nitro groups is 1. The van der Waals surface area contributed by atoms with E-state index in [2.05, 4.69) is 30.9 Å². The summed E-state index contributed by atoms with van der Waals surface area (Å²) < 4.78 is 10.2. The van der Waals surface area contributed by atoms with Crippen LogP contribution in [0, 0.1) is 10.1 Å². The van der Waals surface area contributed by atoms with Crippen molar-refractivity contribution in [3.05, 3.63) is 112 Å². The van der Waals surface area contributed by atoms with Crippen LogP contribution in [0.15, 0.2) is 89.6 Å². The molecule has 6 rings (SSSR count). The molecule has 0 aliphatic heterocycles. The lowest BCUT2D eigenvalue weighted by molar-refractivity contribution is -0.383. The van der Waals surface area contributed by atoms with Gasteiger partial charge in [0.2, 0.25) is 11.4 Å². The van der Waals surface area contributed by atoms with Crippen LogP contribution in [0.1, 0.15) is 48.3 Å². The van der Waals surface area contributed by atoms with Crippen LogP contribution in [0.3, 0.4) is 0 Å². The molecule has 1 atom stereocenters. The molecule has 0 unspecified atom stereocenters. The highest BCUT2D eigenvalue weighted by Gasteiger charge is 2.30. The second-order valence-corrected chi connectivity index (χ2v) is 11.9. The van der Waals surface area contributed by atoms with Crippen molar-refractivity contribution in [2.24, 2.45) is 0 Å². The molecule has 0 bridgehead atoms. The largest absolute Gasteiger partial charge is 0.480 e. The lowest BCUT2D eigenvalue weighted by Crippen LogP contribution is -2.42. The third-order valence-electron chi connectivity index (χ3n) is 8.60. The van der Waals surface area contributed by atoms with Crippen molar-refractivity contribution >= 4 is 46.1 Å². The molecule has 50 heavy (non-hydrogen) atoms. The number of carboxylic acid groups (broad SMARTS) is 1. The molecule has 14 nitrogen and oxygen atoms in total. The van der Waals surface area contributed by atoms with E-state index in [0.717, 1.165) is 35.1 Å². The third-order valence-corrected chi connectivity index (χ3v) is 8.60. The molecule has 1 heterocycles. The van der Waals surface area contributed by atoms with E-state index in [1.807, 2.05) is 48.5 Å². The van der Waals surface area contributed by atoms with Crippen molar-refractivity contribution in [3.63, 3.8) is 0 Å². The molecule has 0 spiro atoms. The van der Waals surface area contributed by atoms with Gasteiger partial charge in [0.15, 0.2) is 5.52 Å². The van der Waals surface area contributed by atoms with E-state index in [1.54, 1.807) is 30.3 Å². The Morgan fingerprint density at radius 2 is 1.56 bits per heavy atom. The molecular formula is C36H34N6O8. The quantitative estimate of drug-likeness (QED) is 0.0552. The number of benzene rings is 4. The Labute approximate surface area is 285 Å². The van der Waals surface area contributed by atoms with Crippen molar-refractivity contribution in [1.29, 1.82) is 0 Å². The van der Waals surface area contributed by atoms with Gasteiger partial charge in [-0.15, -0.1) is 0 Å².